The van der Waals surface area contributed by atoms with Crippen LogP contribution in [0.15, 0.2) is 60.7 Å². The zero-order valence-electron chi connectivity index (χ0n) is 39.4. The van der Waals surface area contributed by atoms with E-state index in [9.17, 15) is 35.9 Å². The second kappa shape index (κ2) is 23.6. The fourth-order valence-electron chi connectivity index (χ4n) is 9.26. The molecule has 372 valence electrons. The van der Waals surface area contributed by atoms with Gasteiger partial charge in [-0.25, -0.2) is 0 Å². The van der Waals surface area contributed by atoms with Crippen LogP contribution in [0, 0.1) is 22.7 Å². The normalized spacial score (nSPS) is 19.2. The fraction of sp³-hybridized carbons (Fsp3) is 0.585. The number of carbonyl (C=O) groups excluding carboxylic acids is 1. The molecule has 67 heavy (non-hydrogen) atoms. The lowest BCUT2D eigenvalue weighted by Crippen LogP contribution is -2.31. The molecule has 3 N–H and O–H groups in total. The van der Waals surface area contributed by atoms with Crippen LogP contribution in [0.1, 0.15) is 142 Å². The zero-order valence-corrected chi connectivity index (χ0v) is 39.4. The molecule has 0 aromatic heterocycles. The van der Waals surface area contributed by atoms with Crippen molar-refractivity contribution < 1.29 is 55.2 Å². The predicted molar refractivity (Wildman–Crippen MR) is 253 cm³/mol. The lowest BCUT2D eigenvalue weighted by Gasteiger charge is -2.37. The predicted octanol–water partition coefficient (Wildman–Crippen LogP) is 13.9. The van der Waals surface area contributed by atoms with Gasteiger partial charge in [-0.2, -0.15) is 26.3 Å². The van der Waals surface area contributed by atoms with Crippen molar-refractivity contribution >= 4 is 33.5 Å². The number of halogens is 6. The highest BCUT2D eigenvalue weighted by atomic mass is 19.4. The number of carbonyl (C=O) groups is 2. The third kappa shape index (κ3) is 16.0. The van der Waals surface area contributed by atoms with E-state index in [0.717, 1.165) is 62.5 Å². The van der Waals surface area contributed by atoms with Gasteiger partial charge in [0.15, 0.2) is 0 Å². The summed E-state index contributed by atoms with van der Waals surface area (Å²) in [5.74, 6) is -0.233. The summed E-state index contributed by atoms with van der Waals surface area (Å²) in [6.07, 6.45) is -2.28. The summed E-state index contributed by atoms with van der Waals surface area (Å²) in [4.78, 5) is 22.0. The Morgan fingerprint density at radius 1 is 0.597 bits per heavy atom. The van der Waals surface area contributed by atoms with Gasteiger partial charge in [0.2, 0.25) is 0 Å². The van der Waals surface area contributed by atoms with Gasteiger partial charge in [-0.15, -0.1) is 0 Å². The van der Waals surface area contributed by atoms with Gasteiger partial charge in [0.25, 0.3) is 0 Å². The number of hydrogen-bond acceptors (Lipinski definition) is 7. The van der Waals surface area contributed by atoms with Gasteiger partial charge >= 0.3 is 24.3 Å². The molecule has 2 saturated carbocycles. The standard InChI is InChI=1S/C27H36F3NO3.C25H32F3NO3.CH4/c1-5-33-24(32)14-15-31-17-18-6-12-22-19(16-18)7-13-23(25(22)27(28,29)30)34-21-10-8-20(9-11-21)26(2,3)4;1-24(2,3)18-6-8-19(9-7-18)32-21-11-5-17-14-16(15-29-13-12-22(30)31)4-10-20(17)23(21)25(26,27)28;/h6-7,12-13,16,20-21,31H,5,8-11,14-15,17H2,1-4H3;4-5,10-11,14,18-19,29H,6-9,12-13,15H2,1-3H3,(H,30,31);1H4. The molecule has 0 spiro atoms. The van der Waals surface area contributed by atoms with Crippen LogP contribution >= 0.6 is 0 Å². The van der Waals surface area contributed by atoms with E-state index in [2.05, 4.69) is 52.2 Å². The average Bonchev–Trinajstić information content (AvgIpc) is 3.23. The first-order valence-electron chi connectivity index (χ1n) is 23.3. The topological polar surface area (TPSA) is 106 Å². The quantitative estimate of drug-likeness (QED) is 0.0615. The van der Waals surface area contributed by atoms with Crippen LogP contribution in [0.25, 0.3) is 21.5 Å². The number of nitrogens with one attached hydrogen (secondary N) is 2. The number of benzene rings is 4. The number of esters is 1. The van der Waals surface area contributed by atoms with Gasteiger partial charge in [0.05, 0.1) is 31.7 Å². The van der Waals surface area contributed by atoms with Crippen LogP contribution in [0.4, 0.5) is 26.3 Å². The summed E-state index contributed by atoms with van der Waals surface area (Å²) in [7, 11) is 0. The Bertz CT molecular complexity index is 2230. The lowest BCUT2D eigenvalue weighted by atomic mass is 9.72. The third-order valence-corrected chi connectivity index (χ3v) is 13.0. The maximum atomic E-state index is 14.1. The molecule has 0 heterocycles. The molecule has 2 fully saturated rings. The number of aliphatic carboxylic acids is 1. The van der Waals surface area contributed by atoms with Crippen LogP contribution in [0.5, 0.6) is 11.5 Å². The van der Waals surface area contributed by atoms with Crippen LogP contribution in [0.3, 0.4) is 0 Å². The first-order chi connectivity index (χ1) is 30.9. The molecule has 0 atom stereocenters. The van der Waals surface area contributed by atoms with E-state index >= 15 is 0 Å². The minimum absolute atomic E-state index is 0. The van der Waals surface area contributed by atoms with Crippen molar-refractivity contribution in [2.45, 2.75) is 158 Å². The molecular weight excluding hydrogens is 875 g/mol. The van der Waals surface area contributed by atoms with Gasteiger partial charge in [0.1, 0.15) is 22.6 Å². The Morgan fingerprint density at radius 3 is 1.33 bits per heavy atom. The summed E-state index contributed by atoms with van der Waals surface area (Å²) in [5.41, 5.74) is 0.619. The van der Waals surface area contributed by atoms with E-state index in [1.165, 1.54) is 24.3 Å². The summed E-state index contributed by atoms with van der Waals surface area (Å²) in [5, 5.41) is 16.1. The number of carboxylic acids is 1. The number of hydrogen-bond donors (Lipinski definition) is 3. The number of ether oxygens (including phenoxy) is 3. The van der Waals surface area contributed by atoms with E-state index in [1.54, 1.807) is 43.3 Å². The molecule has 4 aromatic carbocycles. The van der Waals surface area contributed by atoms with Crippen molar-refractivity contribution in [2.24, 2.45) is 22.7 Å². The van der Waals surface area contributed by atoms with Crippen molar-refractivity contribution in [1.82, 2.24) is 10.6 Å². The molecule has 0 bridgehead atoms. The summed E-state index contributed by atoms with van der Waals surface area (Å²) in [6.45, 7) is 16.9. The van der Waals surface area contributed by atoms with Crippen molar-refractivity contribution in [3.8, 4) is 11.5 Å². The molecule has 0 unspecified atom stereocenters. The van der Waals surface area contributed by atoms with E-state index in [0.29, 0.717) is 55.4 Å². The Kier molecular flexibility index (Phi) is 19.4. The van der Waals surface area contributed by atoms with E-state index in [-0.39, 0.29) is 71.5 Å². The minimum Gasteiger partial charge on any atom is -0.490 e. The molecule has 4 aromatic rings. The lowest BCUT2D eigenvalue weighted by molar-refractivity contribution is -0.143. The van der Waals surface area contributed by atoms with Gasteiger partial charge < -0.3 is 30.0 Å². The Morgan fingerprint density at radius 2 is 0.985 bits per heavy atom. The monoisotopic (exact) mass is 947 g/mol. The average molecular weight is 947 g/mol. The van der Waals surface area contributed by atoms with Gasteiger partial charge in [-0.1, -0.05) is 85.4 Å². The molecule has 2 aliphatic carbocycles. The first kappa shape index (κ1) is 55.0. The van der Waals surface area contributed by atoms with Crippen LogP contribution in [0.2, 0.25) is 0 Å². The van der Waals surface area contributed by atoms with Crippen LogP contribution in [-0.4, -0.2) is 48.9 Å². The molecule has 6 rings (SSSR count). The summed E-state index contributed by atoms with van der Waals surface area (Å²) < 4.78 is 101. The zero-order chi connectivity index (χ0) is 48.5. The third-order valence-electron chi connectivity index (χ3n) is 13.0. The summed E-state index contributed by atoms with van der Waals surface area (Å²) >= 11 is 0. The number of alkyl halides is 6. The Labute approximate surface area is 392 Å². The second-order valence-electron chi connectivity index (χ2n) is 20.0. The molecule has 0 amide bonds. The maximum absolute atomic E-state index is 14.1. The highest BCUT2D eigenvalue weighted by Gasteiger charge is 2.40. The van der Waals surface area contributed by atoms with Crippen molar-refractivity contribution in [2.75, 3.05) is 19.7 Å². The SMILES string of the molecule is C.CC(C)(C)C1CCC(Oc2ccc3cc(CNCCC(=O)O)ccc3c2C(F)(F)F)CC1.CCOC(=O)CCNCc1ccc2c(C(F)(F)F)c(OC3CCC(C(C)(C)C)CC3)ccc2c1. The van der Waals surface area contributed by atoms with E-state index < -0.39 is 29.4 Å². The van der Waals surface area contributed by atoms with Crippen molar-refractivity contribution in [3.05, 3.63) is 82.9 Å². The molecule has 0 saturated heterocycles. The highest BCUT2D eigenvalue weighted by molar-refractivity contribution is 5.90. The number of rotatable bonds is 15. The summed E-state index contributed by atoms with van der Waals surface area (Å²) in [6, 6.07) is 16.0. The number of fused-ring (bicyclic) bond motifs is 2. The van der Waals surface area contributed by atoms with E-state index in [1.807, 2.05) is 0 Å². The molecule has 8 nitrogen and oxygen atoms in total. The molecule has 14 heteroatoms. The van der Waals surface area contributed by atoms with Crippen molar-refractivity contribution in [1.29, 1.82) is 0 Å². The van der Waals surface area contributed by atoms with E-state index in [4.69, 9.17) is 19.3 Å². The highest BCUT2D eigenvalue weighted by Crippen LogP contribution is 2.46. The molecule has 2 aliphatic rings. The van der Waals surface area contributed by atoms with Crippen LogP contribution < -0.4 is 20.1 Å². The first-order valence-corrected chi connectivity index (χ1v) is 23.3. The van der Waals surface area contributed by atoms with Gasteiger partial charge in [0, 0.05) is 26.2 Å². The minimum atomic E-state index is -4.53. The van der Waals surface area contributed by atoms with Crippen molar-refractivity contribution in [3.63, 3.8) is 0 Å². The fourth-order valence-corrected chi connectivity index (χ4v) is 9.26. The Hall–Kier alpha value is -4.56. The molecular formula is C53H72F6N2O6. The van der Waals surface area contributed by atoms with Crippen LogP contribution in [-0.2, 0) is 39.8 Å². The van der Waals surface area contributed by atoms with Gasteiger partial charge in [-0.05, 0) is 138 Å². The van der Waals surface area contributed by atoms with Gasteiger partial charge in [-0.3, -0.25) is 9.59 Å². The maximum Gasteiger partial charge on any atom is 0.420 e. The molecule has 0 aliphatic heterocycles. The smallest absolute Gasteiger partial charge is 0.420 e. The largest absolute Gasteiger partial charge is 0.490 e. The molecule has 0 radical (unpaired) electrons. The Balaban J connectivity index is 0.000000289. The number of carboxylic acid groups (broad SMARTS) is 1. The second-order valence-corrected chi connectivity index (χ2v) is 20.0.